The number of nitrogens with zero attached hydrogens (tertiary/aromatic N) is 3. The second kappa shape index (κ2) is 3.73. The molecule has 16 heavy (non-hydrogen) atoms. The second-order valence-corrected chi connectivity index (χ2v) is 3.72. The quantitative estimate of drug-likeness (QED) is 0.809. The van der Waals surface area contributed by atoms with E-state index in [9.17, 15) is 4.79 Å². The predicted molar refractivity (Wildman–Crippen MR) is 57.3 cm³/mol. The normalized spacial score (nSPS) is 12.9. The Labute approximate surface area is 95.7 Å². The third-order valence-electron chi connectivity index (χ3n) is 2.23. The third kappa shape index (κ3) is 1.62. The second-order valence-electron chi connectivity index (χ2n) is 3.36. The van der Waals surface area contributed by atoms with Crippen LogP contribution in [0.1, 0.15) is 17.3 Å². The van der Waals surface area contributed by atoms with E-state index >= 15 is 0 Å². The first kappa shape index (κ1) is 10.8. The molecule has 2 aromatic rings. The number of aromatic nitrogens is 3. The molecule has 6 nitrogen and oxygen atoms in total. The summed E-state index contributed by atoms with van der Waals surface area (Å²) in [6, 6.07) is -1.12. The maximum absolute atomic E-state index is 10.7. The van der Waals surface area contributed by atoms with Crippen LogP contribution in [0.15, 0.2) is 12.4 Å². The largest absolute Gasteiger partial charge is 0.480 e. The van der Waals surface area contributed by atoms with Crippen LogP contribution in [0.5, 0.6) is 0 Å². The van der Waals surface area contributed by atoms with Gasteiger partial charge in [-0.1, -0.05) is 11.6 Å². The van der Waals surface area contributed by atoms with Crippen molar-refractivity contribution >= 4 is 23.3 Å². The fraction of sp³-hybridized carbons (Fsp3) is 0.222. The van der Waals surface area contributed by atoms with E-state index < -0.39 is 12.0 Å². The van der Waals surface area contributed by atoms with Gasteiger partial charge in [-0.15, -0.1) is 0 Å². The van der Waals surface area contributed by atoms with Gasteiger partial charge in [-0.3, -0.25) is 9.20 Å². The molecule has 0 saturated carbocycles. The Morgan fingerprint density at radius 1 is 1.69 bits per heavy atom. The van der Waals surface area contributed by atoms with Crippen molar-refractivity contribution in [3.63, 3.8) is 0 Å². The minimum atomic E-state index is -1.12. The highest BCUT2D eigenvalue weighted by Gasteiger charge is 2.16. The highest BCUT2D eigenvalue weighted by atomic mass is 35.5. The summed E-state index contributed by atoms with van der Waals surface area (Å²) in [5.41, 5.74) is 6.48. The van der Waals surface area contributed by atoms with E-state index in [-0.39, 0.29) is 0 Å². The van der Waals surface area contributed by atoms with Gasteiger partial charge in [-0.2, -0.15) is 0 Å². The van der Waals surface area contributed by atoms with Gasteiger partial charge in [0.2, 0.25) is 5.78 Å². The number of halogens is 1. The lowest BCUT2D eigenvalue weighted by molar-refractivity contribution is -0.138. The molecule has 0 aliphatic heterocycles. The average molecular weight is 241 g/mol. The number of rotatable bonds is 2. The van der Waals surface area contributed by atoms with Gasteiger partial charge in [0.25, 0.3) is 0 Å². The number of nitrogens with two attached hydrogens (primary N) is 1. The van der Waals surface area contributed by atoms with E-state index in [0.29, 0.717) is 22.2 Å². The zero-order valence-corrected chi connectivity index (χ0v) is 9.14. The molecule has 1 unspecified atom stereocenters. The van der Waals surface area contributed by atoms with Crippen molar-refractivity contribution in [2.75, 3.05) is 0 Å². The molecule has 0 aromatic carbocycles. The third-order valence-corrected chi connectivity index (χ3v) is 2.68. The Kier molecular flexibility index (Phi) is 2.53. The zero-order chi connectivity index (χ0) is 11.9. The number of carboxylic acids is 1. The molecule has 2 aromatic heterocycles. The maximum atomic E-state index is 10.7. The Morgan fingerprint density at radius 3 is 3.00 bits per heavy atom. The summed E-state index contributed by atoms with van der Waals surface area (Å²) in [7, 11) is 0. The van der Waals surface area contributed by atoms with E-state index in [1.165, 1.54) is 16.8 Å². The van der Waals surface area contributed by atoms with Crippen LogP contribution in [0.2, 0.25) is 5.15 Å². The average Bonchev–Trinajstić information content (AvgIpc) is 2.53. The topological polar surface area (TPSA) is 93.5 Å². The van der Waals surface area contributed by atoms with Crippen LogP contribution in [0.3, 0.4) is 0 Å². The summed E-state index contributed by atoms with van der Waals surface area (Å²) >= 11 is 5.97. The van der Waals surface area contributed by atoms with Crippen molar-refractivity contribution in [3.8, 4) is 0 Å². The molecule has 0 bridgehead atoms. The number of aliphatic carboxylic acids is 1. The minimum Gasteiger partial charge on any atom is -0.480 e. The summed E-state index contributed by atoms with van der Waals surface area (Å²) in [6.07, 6.45) is 2.92. The smallest absolute Gasteiger partial charge is 0.325 e. The first-order valence-corrected chi connectivity index (χ1v) is 4.87. The molecule has 84 valence electrons. The number of hydrogen-bond donors (Lipinski definition) is 2. The molecule has 2 heterocycles. The van der Waals surface area contributed by atoms with Gasteiger partial charge in [0.1, 0.15) is 11.2 Å². The maximum Gasteiger partial charge on any atom is 0.325 e. The van der Waals surface area contributed by atoms with Crippen molar-refractivity contribution in [1.82, 2.24) is 14.4 Å². The standard InChI is InChI=1S/C9H9ClN4O2/c1-4-7(10)14-3-5(6(11)8(15)16)2-12-9(14)13-4/h2-3,6H,11H2,1H3,(H,15,16). The van der Waals surface area contributed by atoms with Crippen molar-refractivity contribution < 1.29 is 9.90 Å². The van der Waals surface area contributed by atoms with E-state index in [1.807, 2.05) is 0 Å². The van der Waals surface area contributed by atoms with E-state index in [1.54, 1.807) is 6.92 Å². The summed E-state index contributed by atoms with van der Waals surface area (Å²) in [4.78, 5) is 18.8. The molecule has 0 aliphatic rings. The Hall–Kier alpha value is -1.66. The van der Waals surface area contributed by atoms with E-state index in [2.05, 4.69) is 9.97 Å². The monoisotopic (exact) mass is 240 g/mol. The molecule has 3 N–H and O–H groups in total. The molecule has 1 atom stereocenters. The Bertz CT molecular complexity index is 566. The van der Waals surface area contributed by atoms with E-state index in [4.69, 9.17) is 22.4 Å². The fourth-order valence-corrected chi connectivity index (χ4v) is 1.50. The van der Waals surface area contributed by atoms with Gasteiger partial charge >= 0.3 is 5.97 Å². The first-order chi connectivity index (χ1) is 7.50. The van der Waals surface area contributed by atoms with Crippen LogP contribution >= 0.6 is 11.6 Å². The highest BCUT2D eigenvalue weighted by molar-refractivity contribution is 6.30. The van der Waals surface area contributed by atoms with Gasteiger partial charge in [0.15, 0.2) is 0 Å². The first-order valence-electron chi connectivity index (χ1n) is 4.49. The summed E-state index contributed by atoms with van der Waals surface area (Å²) in [6.45, 7) is 1.74. The lowest BCUT2D eigenvalue weighted by Crippen LogP contribution is -2.21. The van der Waals surface area contributed by atoms with E-state index in [0.717, 1.165) is 0 Å². The minimum absolute atomic E-state index is 0.374. The molecule has 2 rings (SSSR count). The number of imidazole rings is 1. The van der Waals surface area contributed by atoms with Gasteiger partial charge in [-0.25, -0.2) is 9.97 Å². The van der Waals surface area contributed by atoms with Crippen LogP contribution < -0.4 is 5.73 Å². The number of carboxylic acid groups (broad SMARTS) is 1. The highest BCUT2D eigenvalue weighted by Crippen LogP contribution is 2.18. The SMILES string of the molecule is Cc1nc2ncc(C(N)C(=O)O)cn2c1Cl. The van der Waals surface area contributed by atoms with Crippen LogP contribution in [-0.4, -0.2) is 25.4 Å². The lowest BCUT2D eigenvalue weighted by atomic mass is 10.2. The Balaban J connectivity index is 2.59. The Morgan fingerprint density at radius 2 is 2.38 bits per heavy atom. The van der Waals surface area contributed by atoms with Crippen molar-refractivity contribution in [3.05, 3.63) is 28.8 Å². The lowest BCUT2D eigenvalue weighted by Gasteiger charge is -2.06. The molecule has 0 aliphatic carbocycles. The number of carbonyl (C=O) groups is 1. The zero-order valence-electron chi connectivity index (χ0n) is 8.38. The van der Waals surface area contributed by atoms with Crippen LogP contribution in [0.25, 0.3) is 5.78 Å². The van der Waals surface area contributed by atoms with Gasteiger partial charge < -0.3 is 10.8 Å². The van der Waals surface area contributed by atoms with Crippen molar-refractivity contribution in [1.29, 1.82) is 0 Å². The predicted octanol–water partition coefficient (Wildman–Crippen LogP) is 0.776. The number of fused-ring (bicyclic) bond motifs is 1. The molecule has 0 saturated heterocycles. The van der Waals surface area contributed by atoms with Crippen LogP contribution in [0.4, 0.5) is 0 Å². The summed E-state index contributed by atoms with van der Waals surface area (Å²) in [5.74, 6) is -0.696. The summed E-state index contributed by atoms with van der Waals surface area (Å²) < 4.78 is 1.51. The van der Waals surface area contributed by atoms with Gasteiger partial charge in [0, 0.05) is 18.0 Å². The molecular weight excluding hydrogens is 232 g/mol. The molecule has 0 fully saturated rings. The molecule has 0 spiro atoms. The van der Waals surface area contributed by atoms with Crippen molar-refractivity contribution in [2.45, 2.75) is 13.0 Å². The summed E-state index contributed by atoms with van der Waals surface area (Å²) in [5, 5.41) is 9.18. The van der Waals surface area contributed by atoms with Gasteiger partial charge in [0.05, 0.1) is 5.69 Å². The number of hydrogen-bond acceptors (Lipinski definition) is 4. The van der Waals surface area contributed by atoms with Crippen molar-refractivity contribution in [2.24, 2.45) is 5.73 Å². The van der Waals surface area contributed by atoms with Crippen LogP contribution in [0, 0.1) is 6.92 Å². The fourth-order valence-electron chi connectivity index (χ4n) is 1.34. The number of aryl methyl sites for hydroxylation is 1. The molecule has 0 radical (unpaired) electrons. The molecular formula is C9H9ClN4O2. The molecule has 7 heteroatoms. The van der Waals surface area contributed by atoms with Crippen LogP contribution in [-0.2, 0) is 4.79 Å². The van der Waals surface area contributed by atoms with Gasteiger partial charge in [-0.05, 0) is 6.92 Å². The molecule has 0 amide bonds.